The SMILES string of the molecule is CCOC(=O)c1cnc2cc(Cl)ccc2c1NC. The molecule has 0 spiro atoms. The van der Waals surface area contributed by atoms with Gasteiger partial charge in [0, 0.05) is 23.7 Å². The Morgan fingerprint density at radius 3 is 2.94 bits per heavy atom. The van der Waals surface area contributed by atoms with Crippen LogP contribution >= 0.6 is 11.6 Å². The minimum absolute atomic E-state index is 0.334. The summed E-state index contributed by atoms with van der Waals surface area (Å²) in [5.74, 6) is -0.383. The normalized spacial score (nSPS) is 10.4. The van der Waals surface area contributed by atoms with Gasteiger partial charge < -0.3 is 10.1 Å². The number of anilines is 1. The minimum Gasteiger partial charge on any atom is -0.462 e. The van der Waals surface area contributed by atoms with E-state index < -0.39 is 0 Å². The Morgan fingerprint density at radius 1 is 1.50 bits per heavy atom. The van der Waals surface area contributed by atoms with Crippen LogP contribution in [0.1, 0.15) is 17.3 Å². The van der Waals surface area contributed by atoms with Gasteiger partial charge in [-0.1, -0.05) is 11.6 Å². The molecule has 1 N–H and O–H groups in total. The summed E-state index contributed by atoms with van der Waals surface area (Å²) >= 11 is 5.91. The second-order valence-electron chi connectivity index (χ2n) is 3.68. The van der Waals surface area contributed by atoms with Crippen molar-refractivity contribution in [1.82, 2.24) is 4.98 Å². The van der Waals surface area contributed by atoms with E-state index in [1.54, 1.807) is 26.1 Å². The largest absolute Gasteiger partial charge is 0.462 e. The number of hydrogen-bond acceptors (Lipinski definition) is 4. The zero-order valence-electron chi connectivity index (χ0n) is 10.2. The lowest BCUT2D eigenvalue weighted by Crippen LogP contribution is -2.09. The molecule has 0 amide bonds. The molecule has 18 heavy (non-hydrogen) atoms. The first kappa shape index (κ1) is 12.6. The van der Waals surface area contributed by atoms with Crippen LogP contribution in [0.15, 0.2) is 24.4 Å². The number of aromatic nitrogens is 1. The maximum absolute atomic E-state index is 11.8. The molecule has 0 aliphatic heterocycles. The molecule has 0 radical (unpaired) electrons. The van der Waals surface area contributed by atoms with Gasteiger partial charge in [-0.05, 0) is 25.1 Å². The molecule has 0 saturated carbocycles. The number of carbonyl (C=O) groups excluding carboxylic acids is 1. The third-order valence-electron chi connectivity index (χ3n) is 2.58. The molecule has 0 saturated heterocycles. The van der Waals surface area contributed by atoms with Gasteiger partial charge in [-0.15, -0.1) is 0 Å². The number of hydrogen-bond donors (Lipinski definition) is 1. The van der Waals surface area contributed by atoms with Crippen molar-refractivity contribution >= 4 is 34.2 Å². The number of nitrogens with zero attached hydrogens (tertiary/aromatic N) is 1. The van der Waals surface area contributed by atoms with Crippen LogP contribution in [-0.4, -0.2) is 24.6 Å². The molecular weight excluding hydrogens is 252 g/mol. The first-order chi connectivity index (χ1) is 8.67. The average Bonchev–Trinajstić information content (AvgIpc) is 2.37. The van der Waals surface area contributed by atoms with Crippen molar-refractivity contribution in [1.29, 1.82) is 0 Å². The highest BCUT2D eigenvalue weighted by Gasteiger charge is 2.15. The molecule has 1 heterocycles. The predicted molar refractivity (Wildman–Crippen MR) is 72.3 cm³/mol. The third-order valence-corrected chi connectivity index (χ3v) is 2.81. The molecule has 94 valence electrons. The Labute approximate surface area is 110 Å². The number of fused-ring (bicyclic) bond motifs is 1. The summed E-state index contributed by atoms with van der Waals surface area (Å²) in [6, 6.07) is 5.35. The number of ether oxygens (including phenoxy) is 1. The van der Waals surface area contributed by atoms with Gasteiger partial charge in [-0.25, -0.2) is 4.79 Å². The molecule has 0 aliphatic carbocycles. The standard InChI is InChI=1S/C13H13ClN2O2/c1-3-18-13(17)10-7-16-11-6-8(14)4-5-9(11)12(10)15-2/h4-7H,3H2,1-2H3,(H,15,16). The molecule has 0 unspecified atom stereocenters. The van der Waals surface area contributed by atoms with Crippen LogP contribution in [0.5, 0.6) is 0 Å². The van der Waals surface area contributed by atoms with Crippen molar-refractivity contribution in [3.63, 3.8) is 0 Å². The Hall–Kier alpha value is -1.81. The van der Waals surface area contributed by atoms with E-state index in [2.05, 4.69) is 10.3 Å². The van der Waals surface area contributed by atoms with Gasteiger partial charge in [-0.2, -0.15) is 0 Å². The number of rotatable bonds is 3. The number of esters is 1. The first-order valence-electron chi connectivity index (χ1n) is 5.60. The summed E-state index contributed by atoms with van der Waals surface area (Å²) in [6.45, 7) is 2.10. The Morgan fingerprint density at radius 2 is 2.28 bits per heavy atom. The smallest absolute Gasteiger partial charge is 0.341 e. The van der Waals surface area contributed by atoms with Crippen LogP contribution in [0.3, 0.4) is 0 Å². The summed E-state index contributed by atoms with van der Waals surface area (Å²) in [6.07, 6.45) is 1.50. The number of nitrogens with one attached hydrogen (secondary N) is 1. The lowest BCUT2D eigenvalue weighted by atomic mass is 10.1. The first-order valence-corrected chi connectivity index (χ1v) is 5.98. The van der Waals surface area contributed by atoms with Gasteiger partial charge in [0.1, 0.15) is 5.56 Å². The molecule has 0 aliphatic rings. The second kappa shape index (κ2) is 5.23. The van der Waals surface area contributed by atoms with E-state index >= 15 is 0 Å². The number of benzene rings is 1. The molecule has 0 atom stereocenters. The predicted octanol–water partition coefficient (Wildman–Crippen LogP) is 3.11. The van der Waals surface area contributed by atoms with Crippen molar-refractivity contribution in [2.75, 3.05) is 19.0 Å². The Kier molecular flexibility index (Phi) is 3.67. The number of halogens is 1. The highest BCUT2D eigenvalue weighted by Crippen LogP contribution is 2.28. The van der Waals surface area contributed by atoms with E-state index in [4.69, 9.17) is 16.3 Å². The van der Waals surface area contributed by atoms with Crippen LogP contribution in [0.4, 0.5) is 5.69 Å². The molecule has 0 bridgehead atoms. The summed E-state index contributed by atoms with van der Waals surface area (Å²) in [5, 5.41) is 4.47. The van der Waals surface area contributed by atoms with Gasteiger partial charge in [0.25, 0.3) is 0 Å². The summed E-state index contributed by atoms with van der Waals surface area (Å²) < 4.78 is 5.00. The number of carbonyl (C=O) groups is 1. The van der Waals surface area contributed by atoms with Gasteiger partial charge in [0.2, 0.25) is 0 Å². The van der Waals surface area contributed by atoms with Gasteiger partial charge in [-0.3, -0.25) is 4.98 Å². The van der Waals surface area contributed by atoms with Crippen LogP contribution in [-0.2, 0) is 4.74 Å². The molecule has 1 aromatic heterocycles. The average molecular weight is 265 g/mol. The zero-order valence-corrected chi connectivity index (χ0v) is 10.9. The van der Waals surface area contributed by atoms with E-state index in [1.807, 2.05) is 6.07 Å². The topological polar surface area (TPSA) is 51.2 Å². The van der Waals surface area contributed by atoms with E-state index in [0.29, 0.717) is 22.9 Å². The molecule has 0 fully saturated rings. The van der Waals surface area contributed by atoms with Gasteiger partial charge >= 0.3 is 5.97 Å². The van der Waals surface area contributed by atoms with Gasteiger partial charge in [0.15, 0.2) is 0 Å². The lowest BCUT2D eigenvalue weighted by molar-refractivity contribution is 0.0527. The van der Waals surface area contributed by atoms with Crippen molar-refractivity contribution in [3.8, 4) is 0 Å². The summed E-state index contributed by atoms with van der Waals surface area (Å²) in [5.41, 5.74) is 1.86. The van der Waals surface area contributed by atoms with Crippen LogP contribution in [0.2, 0.25) is 5.02 Å². The third kappa shape index (κ3) is 2.24. The molecule has 4 nitrogen and oxygen atoms in total. The van der Waals surface area contributed by atoms with Crippen LogP contribution in [0, 0.1) is 0 Å². The number of pyridine rings is 1. The summed E-state index contributed by atoms with van der Waals surface area (Å²) in [4.78, 5) is 16.0. The van der Waals surface area contributed by atoms with Crippen LogP contribution in [0.25, 0.3) is 10.9 Å². The Balaban J connectivity index is 2.62. The zero-order chi connectivity index (χ0) is 13.1. The minimum atomic E-state index is -0.383. The van der Waals surface area contributed by atoms with Crippen molar-refractivity contribution in [2.45, 2.75) is 6.92 Å². The fraction of sp³-hybridized carbons (Fsp3) is 0.231. The van der Waals surface area contributed by atoms with E-state index in [0.717, 1.165) is 10.9 Å². The second-order valence-corrected chi connectivity index (χ2v) is 4.12. The maximum Gasteiger partial charge on any atom is 0.341 e. The van der Waals surface area contributed by atoms with E-state index in [9.17, 15) is 4.79 Å². The fourth-order valence-corrected chi connectivity index (χ4v) is 1.97. The monoisotopic (exact) mass is 264 g/mol. The maximum atomic E-state index is 11.8. The molecular formula is C13H13ClN2O2. The van der Waals surface area contributed by atoms with Crippen molar-refractivity contribution < 1.29 is 9.53 Å². The lowest BCUT2D eigenvalue weighted by Gasteiger charge is -2.11. The van der Waals surface area contributed by atoms with Crippen LogP contribution < -0.4 is 5.32 Å². The van der Waals surface area contributed by atoms with Gasteiger partial charge in [0.05, 0.1) is 17.8 Å². The highest BCUT2D eigenvalue weighted by atomic mass is 35.5. The molecule has 1 aromatic carbocycles. The quantitative estimate of drug-likeness (QED) is 0.866. The molecule has 2 aromatic rings. The fourth-order valence-electron chi connectivity index (χ4n) is 1.80. The molecule has 2 rings (SSSR count). The van der Waals surface area contributed by atoms with E-state index in [-0.39, 0.29) is 5.97 Å². The van der Waals surface area contributed by atoms with Crippen molar-refractivity contribution in [2.24, 2.45) is 0 Å². The highest BCUT2D eigenvalue weighted by molar-refractivity contribution is 6.31. The molecule has 5 heteroatoms. The van der Waals surface area contributed by atoms with E-state index in [1.165, 1.54) is 6.20 Å². The Bertz CT molecular complexity index is 599. The van der Waals surface area contributed by atoms with Crippen molar-refractivity contribution in [3.05, 3.63) is 35.0 Å². The summed E-state index contributed by atoms with van der Waals surface area (Å²) in [7, 11) is 1.76.